The predicted molar refractivity (Wildman–Crippen MR) is 40.4 cm³/mol. The Kier molecular flexibility index (Phi) is 14.7. The molecule has 0 heterocycles. The van der Waals surface area contributed by atoms with Crippen molar-refractivity contribution in [3.05, 3.63) is 12.2 Å². The normalized spacial score (nSPS) is 6.83. The van der Waals surface area contributed by atoms with Crippen LogP contribution in [0.1, 0.15) is 20.3 Å². The topological polar surface area (TPSA) is 74.6 Å². The third-order valence-electron chi connectivity index (χ3n) is 0.668. The Morgan fingerprint density at radius 2 is 1.50 bits per heavy atom. The molecule has 0 fully saturated rings. The Morgan fingerprint density at radius 3 is 1.50 bits per heavy atom. The van der Waals surface area contributed by atoms with Gasteiger partial charge in [0.1, 0.15) is 0 Å². The van der Waals surface area contributed by atoms with E-state index in [-0.39, 0.29) is 29.1 Å². The van der Waals surface area contributed by atoms with Crippen LogP contribution in [0.5, 0.6) is 0 Å². The van der Waals surface area contributed by atoms with Crippen molar-refractivity contribution in [2.45, 2.75) is 20.3 Å². The molecular formula is C7H12CuO4. The molecule has 0 saturated carbocycles. The molecule has 0 saturated heterocycles. The maximum absolute atomic E-state index is 9.60. The van der Waals surface area contributed by atoms with Crippen LogP contribution in [0.25, 0.3) is 0 Å². The Labute approximate surface area is 81.8 Å². The van der Waals surface area contributed by atoms with Crippen molar-refractivity contribution in [3.63, 3.8) is 0 Å². The Hall–Kier alpha value is -0.801. The maximum Gasteiger partial charge on any atom is 0.330 e. The predicted octanol–water partition coefficient (Wildman–Crippen LogP) is 1.13. The minimum atomic E-state index is -0.935. The Bertz CT molecular complexity index is 153. The van der Waals surface area contributed by atoms with Gasteiger partial charge in [0, 0.05) is 29.1 Å². The van der Waals surface area contributed by atoms with Gasteiger partial charge in [0.05, 0.1) is 0 Å². The van der Waals surface area contributed by atoms with Crippen LogP contribution in [0.2, 0.25) is 0 Å². The molecule has 12 heavy (non-hydrogen) atoms. The molecular weight excluding hydrogens is 212 g/mol. The van der Waals surface area contributed by atoms with Gasteiger partial charge in [0.15, 0.2) is 0 Å². The van der Waals surface area contributed by atoms with Crippen LogP contribution in [-0.2, 0) is 26.7 Å². The van der Waals surface area contributed by atoms with Gasteiger partial charge in [-0.25, -0.2) is 4.79 Å². The van der Waals surface area contributed by atoms with Gasteiger partial charge in [0.2, 0.25) is 0 Å². The summed E-state index contributed by atoms with van der Waals surface area (Å²) >= 11 is 0. The monoisotopic (exact) mass is 223 g/mol. The standard InChI is InChI=1S/C4H6O2.C3H6O2.Cu/c1-3(2)4(5)6;1-2-3(4)5;/h1H2,2H3,(H,5,6);2H2,1H3,(H,4,5);. The summed E-state index contributed by atoms with van der Waals surface area (Å²) in [6.45, 7) is 6.20. The number of rotatable bonds is 2. The molecule has 1 radical (unpaired) electrons. The van der Waals surface area contributed by atoms with Gasteiger partial charge in [-0.05, 0) is 6.92 Å². The van der Waals surface area contributed by atoms with E-state index in [4.69, 9.17) is 10.2 Å². The zero-order valence-electron chi connectivity index (χ0n) is 6.93. The molecule has 0 aliphatic heterocycles. The van der Waals surface area contributed by atoms with Crippen molar-refractivity contribution in [1.82, 2.24) is 0 Å². The number of aliphatic carboxylic acids is 2. The number of carboxylic acids is 2. The SMILES string of the molecule is C=C(C)C(=O)O.CCC(=O)O.[Cu]. The van der Waals surface area contributed by atoms with Gasteiger partial charge < -0.3 is 10.2 Å². The van der Waals surface area contributed by atoms with Gasteiger partial charge in [0.25, 0.3) is 0 Å². The molecule has 0 bridgehead atoms. The summed E-state index contributed by atoms with van der Waals surface area (Å²) in [5.41, 5.74) is 0.176. The number of hydrogen-bond acceptors (Lipinski definition) is 2. The molecule has 0 rings (SSSR count). The average molecular weight is 224 g/mol. The van der Waals surface area contributed by atoms with E-state index in [9.17, 15) is 9.59 Å². The number of carboxylic acid groups (broad SMARTS) is 2. The molecule has 0 spiro atoms. The molecule has 2 N–H and O–H groups in total. The molecule has 0 atom stereocenters. The van der Waals surface area contributed by atoms with Crippen LogP contribution in [0.3, 0.4) is 0 Å². The van der Waals surface area contributed by atoms with E-state index >= 15 is 0 Å². The molecule has 0 aliphatic rings. The first kappa shape index (κ1) is 17.3. The summed E-state index contributed by atoms with van der Waals surface area (Å²) in [5, 5.41) is 15.6. The van der Waals surface area contributed by atoms with Gasteiger partial charge in [-0.15, -0.1) is 0 Å². The summed E-state index contributed by atoms with van der Waals surface area (Å²) in [6.07, 6.45) is 0.222. The third kappa shape index (κ3) is 22.9. The molecule has 0 aliphatic carbocycles. The van der Waals surface area contributed by atoms with Crippen molar-refractivity contribution >= 4 is 11.9 Å². The van der Waals surface area contributed by atoms with Crippen LogP contribution < -0.4 is 0 Å². The minimum Gasteiger partial charge on any atom is -0.481 e. The van der Waals surface area contributed by atoms with Gasteiger partial charge in [-0.1, -0.05) is 13.5 Å². The number of carbonyl (C=O) groups is 2. The van der Waals surface area contributed by atoms with Crippen LogP contribution in [-0.4, -0.2) is 22.2 Å². The first-order chi connectivity index (χ1) is 4.91. The number of hydrogen-bond donors (Lipinski definition) is 2. The van der Waals surface area contributed by atoms with Gasteiger partial charge in [-0.3, -0.25) is 4.79 Å². The van der Waals surface area contributed by atoms with Crippen molar-refractivity contribution < 1.29 is 36.9 Å². The largest absolute Gasteiger partial charge is 0.481 e. The third-order valence-corrected chi connectivity index (χ3v) is 0.668. The van der Waals surface area contributed by atoms with Crippen molar-refractivity contribution in [1.29, 1.82) is 0 Å². The fourth-order valence-corrected chi connectivity index (χ4v) is 0. The van der Waals surface area contributed by atoms with Crippen LogP contribution in [0.15, 0.2) is 12.2 Å². The quantitative estimate of drug-likeness (QED) is 0.544. The Balaban J connectivity index is -0.000000126. The molecule has 0 aromatic heterocycles. The average Bonchev–Trinajstić information content (AvgIpc) is 1.89. The fraction of sp³-hybridized carbons (Fsp3) is 0.429. The second kappa shape index (κ2) is 10.2. The Morgan fingerprint density at radius 1 is 1.33 bits per heavy atom. The zero-order chi connectivity index (χ0) is 9.44. The second-order valence-corrected chi connectivity index (χ2v) is 1.83. The molecule has 0 aromatic carbocycles. The van der Waals surface area contributed by atoms with E-state index < -0.39 is 11.9 Å². The summed E-state index contributed by atoms with van der Waals surface area (Å²) in [7, 11) is 0. The molecule has 0 unspecified atom stereocenters. The van der Waals surface area contributed by atoms with Crippen molar-refractivity contribution in [2.75, 3.05) is 0 Å². The summed E-state index contributed by atoms with van der Waals surface area (Å²) in [6, 6.07) is 0. The van der Waals surface area contributed by atoms with E-state index in [0.29, 0.717) is 0 Å². The van der Waals surface area contributed by atoms with E-state index in [0.717, 1.165) is 0 Å². The molecule has 0 amide bonds. The maximum atomic E-state index is 9.60. The molecule has 75 valence electrons. The smallest absolute Gasteiger partial charge is 0.330 e. The fourth-order valence-electron chi connectivity index (χ4n) is 0. The first-order valence-corrected chi connectivity index (χ1v) is 3.02. The van der Waals surface area contributed by atoms with E-state index in [1.807, 2.05) is 0 Å². The van der Waals surface area contributed by atoms with Crippen LogP contribution in [0, 0.1) is 0 Å². The zero-order valence-corrected chi connectivity index (χ0v) is 7.87. The summed E-state index contributed by atoms with van der Waals surface area (Å²) in [4.78, 5) is 19.0. The summed E-state index contributed by atoms with van der Waals surface area (Å²) in [5.74, 6) is -1.68. The minimum absolute atomic E-state index is 0. The van der Waals surface area contributed by atoms with E-state index in [1.165, 1.54) is 6.92 Å². The van der Waals surface area contributed by atoms with Crippen molar-refractivity contribution in [2.24, 2.45) is 0 Å². The molecule has 0 aromatic rings. The van der Waals surface area contributed by atoms with Gasteiger partial charge in [-0.2, -0.15) is 0 Å². The first-order valence-electron chi connectivity index (χ1n) is 3.02. The van der Waals surface area contributed by atoms with Gasteiger partial charge >= 0.3 is 11.9 Å². The van der Waals surface area contributed by atoms with E-state index in [2.05, 4.69) is 6.58 Å². The molecule has 5 heteroatoms. The van der Waals surface area contributed by atoms with Crippen LogP contribution >= 0.6 is 0 Å². The molecule has 4 nitrogen and oxygen atoms in total. The van der Waals surface area contributed by atoms with E-state index in [1.54, 1.807) is 6.92 Å². The second-order valence-electron chi connectivity index (χ2n) is 1.83. The van der Waals surface area contributed by atoms with Crippen molar-refractivity contribution in [3.8, 4) is 0 Å². The van der Waals surface area contributed by atoms with Crippen LogP contribution in [0.4, 0.5) is 0 Å². The summed E-state index contributed by atoms with van der Waals surface area (Å²) < 4.78 is 0.